The average Bonchev–Trinajstić information content (AvgIpc) is 2.35. The van der Waals surface area contributed by atoms with Gasteiger partial charge in [0.25, 0.3) is 0 Å². The van der Waals surface area contributed by atoms with Crippen LogP contribution in [0.15, 0.2) is 29.4 Å². The summed E-state index contributed by atoms with van der Waals surface area (Å²) >= 11 is 1.52. The van der Waals surface area contributed by atoms with Crippen molar-refractivity contribution in [2.24, 2.45) is 0 Å². The van der Waals surface area contributed by atoms with Crippen LogP contribution >= 0.6 is 24.2 Å². The van der Waals surface area contributed by atoms with E-state index in [0.717, 1.165) is 11.4 Å². The highest BCUT2D eigenvalue weighted by Gasteiger charge is 2.04. The fourth-order valence-electron chi connectivity index (χ4n) is 1.32. The lowest BCUT2D eigenvalue weighted by molar-refractivity contribution is -0.118. The molecule has 0 aliphatic rings. The van der Waals surface area contributed by atoms with E-state index >= 15 is 0 Å². The van der Waals surface area contributed by atoms with E-state index in [1.54, 1.807) is 12.4 Å². The lowest BCUT2D eigenvalue weighted by Crippen LogP contribution is -2.39. The minimum absolute atomic E-state index is 0. The maximum Gasteiger partial charge on any atom is 0.230 e. The monoisotopic (exact) mass is 289 g/mol. The number of likely N-dealkylation sites (N-methyl/N-ethyl adjacent to an activating group) is 1. The Hall–Kier alpha value is -0.780. The van der Waals surface area contributed by atoms with Crippen LogP contribution in [0.2, 0.25) is 0 Å². The number of hydrogen-bond acceptors (Lipinski definition) is 4. The van der Waals surface area contributed by atoms with Gasteiger partial charge in [0.1, 0.15) is 0 Å². The molecule has 0 saturated carbocycles. The number of aromatic nitrogens is 1. The normalized spacial score (nSPS) is 11.4. The summed E-state index contributed by atoms with van der Waals surface area (Å²) in [5.74, 6) is 0.514. The molecule has 0 aliphatic carbocycles. The molecule has 1 atom stereocenters. The quantitative estimate of drug-likeness (QED) is 0.751. The van der Waals surface area contributed by atoms with E-state index in [9.17, 15) is 4.79 Å². The summed E-state index contributed by atoms with van der Waals surface area (Å²) in [5.41, 5.74) is 0. The largest absolute Gasteiger partial charge is 0.354 e. The second-order valence-electron chi connectivity index (χ2n) is 3.73. The molecule has 0 unspecified atom stereocenters. The van der Waals surface area contributed by atoms with Crippen molar-refractivity contribution in [1.29, 1.82) is 0 Å². The van der Waals surface area contributed by atoms with Crippen molar-refractivity contribution in [3.8, 4) is 0 Å². The molecule has 0 radical (unpaired) electrons. The first-order valence-corrected chi connectivity index (χ1v) is 6.73. The molecule has 0 aliphatic heterocycles. The van der Waals surface area contributed by atoms with Crippen LogP contribution in [0, 0.1) is 0 Å². The maximum atomic E-state index is 11.5. The molecule has 0 fully saturated rings. The summed E-state index contributed by atoms with van der Waals surface area (Å²) in [6.45, 7) is 5.70. The highest BCUT2D eigenvalue weighted by atomic mass is 35.5. The Kier molecular flexibility index (Phi) is 9.73. The van der Waals surface area contributed by atoms with Gasteiger partial charge in [0.15, 0.2) is 0 Å². The highest BCUT2D eigenvalue weighted by molar-refractivity contribution is 8.00. The van der Waals surface area contributed by atoms with Gasteiger partial charge in [0, 0.05) is 29.9 Å². The third-order valence-electron chi connectivity index (χ3n) is 2.18. The number of carbonyl (C=O) groups excluding carboxylic acids is 1. The number of rotatable bonds is 7. The number of thioether (sulfide) groups is 1. The fraction of sp³-hybridized carbons (Fsp3) is 0.500. The Morgan fingerprint density at radius 1 is 1.44 bits per heavy atom. The van der Waals surface area contributed by atoms with Crippen LogP contribution in [0.25, 0.3) is 0 Å². The van der Waals surface area contributed by atoms with Gasteiger partial charge in [-0.25, -0.2) is 0 Å². The number of nitrogens with zero attached hydrogens (tertiary/aromatic N) is 1. The molecule has 1 rings (SSSR count). The molecular weight excluding hydrogens is 270 g/mol. The average molecular weight is 290 g/mol. The van der Waals surface area contributed by atoms with E-state index < -0.39 is 0 Å². The lowest BCUT2D eigenvalue weighted by Gasteiger charge is -2.12. The Balaban J connectivity index is 0.00000289. The number of amides is 1. The van der Waals surface area contributed by atoms with E-state index in [1.807, 2.05) is 12.1 Å². The Morgan fingerprint density at radius 3 is 2.72 bits per heavy atom. The molecular formula is C12H20ClN3OS. The summed E-state index contributed by atoms with van der Waals surface area (Å²) in [4.78, 5) is 16.5. The zero-order chi connectivity index (χ0) is 12.5. The van der Waals surface area contributed by atoms with Crippen LogP contribution in [-0.4, -0.2) is 35.8 Å². The van der Waals surface area contributed by atoms with Crippen LogP contribution in [0.5, 0.6) is 0 Å². The van der Waals surface area contributed by atoms with Crippen LogP contribution in [0.3, 0.4) is 0 Å². The van der Waals surface area contributed by atoms with Gasteiger partial charge in [0.2, 0.25) is 5.91 Å². The fourth-order valence-corrected chi connectivity index (χ4v) is 2.04. The van der Waals surface area contributed by atoms with Gasteiger partial charge in [-0.2, -0.15) is 0 Å². The second-order valence-corrected chi connectivity index (χ2v) is 4.78. The first-order valence-electron chi connectivity index (χ1n) is 5.75. The van der Waals surface area contributed by atoms with Gasteiger partial charge in [0.05, 0.1) is 5.75 Å². The topological polar surface area (TPSA) is 54.0 Å². The minimum atomic E-state index is 0. The molecule has 18 heavy (non-hydrogen) atoms. The molecule has 1 amide bonds. The molecule has 1 heterocycles. The van der Waals surface area contributed by atoms with Gasteiger partial charge < -0.3 is 10.6 Å². The highest BCUT2D eigenvalue weighted by Crippen LogP contribution is 2.15. The van der Waals surface area contributed by atoms with Gasteiger partial charge in [-0.1, -0.05) is 6.92 Å². The van der Waals surface area contributed by atoms with E-state index in [0.29, 0.717) is 18.3 Å². The molecule has 0 bridgehead atoms. The van der Waals surface area contributed by atoms with Crippen molar-refractivity contribution in [1.82, 2.24) is 15.6 Å². The smallest absolute Gasteiger partial charge is 0.230 e. The van der Waals surface area contributed by atoms with Gasteiger partial charge in [-0.05, 0) is 25.6 Å². The van der Waals surface area contributed by atoms with Crippen LogP contribution < -0.4 is 10.6 Å². The second kappa shape index (κ2) is 10.2. The van der Waals surface area contributed by atoms with Crippen molar-refractivity contribution in [2.45, 2.75) is 24.8 Å². The summed E-state index contributed by atoms with van der Waals surface area (Å²) in [5, 5.41) is 6.14. The predicted octanol–water partition coefficient (Wildman–Crippen LogP) is 1.71. The molecule has 2 N–H and O–H groups in total. The standard InChI is InChI=1S/C12H19N3OS.ClH/c1-3-14-10(2)8-15-12(16)9-17-11-4-6-13-7-5-11;/h4-7,10,14H,3,8-9H2,1-2H3,(H,15,16);1H/t10-;/m1./s1. The molecule has 0 spiro atoms. The third kappa shape index (κ3) is 7.53. The van der Waals surface area contributed by atoms with E-state index in [-0.39, 0.29) is 18.3 Å². The lowest BCUT2D eigenvalue weighted by atomic mass is 10.3. The van der Waals surface area contributed by atoms with Gasteiger partial charge >= 0.3 is 0 Å². The molecule has 4 nitrogen and oxygen atoms in total. The van der Waals surface area contributed by atoms with Gasteiger partial charge in [-0.3, -0.25) is 9.78 Å². The Bertz CT molecular complexity index is 337. The number of halogens is 1. The Morgan fingerprint density at radius 2 is 2.11 bits per heavy atom. The van der Waals surface area contributed by atoms with Crippen LogP contribution in [0.4, 0.5) is 0 Å². The zero-order valence-corrected chi connectivity index (χ0v) is 12.3. The van der Waals surface area contributed by atoms with Crippen molar-refractivity contribution in [2.75, 3.05) is 18.8 Å². The first kappa shape index (κ1) is 17.2. The number of hydrogen-bond donors (Lipinski definition) is 2. The first-order chi connectivity index (χ1) is 8.22. The summed E-state index contributed by atoms with van der Waals surface area (Å²) < 4.78 is 0. The van der Waals surface area contributed by atoms with Crippen molar-refractivity contribution >= 4 is 30.1 Å². The molecule has 6 heteroatoms. The molecule has 0 saturated heterocycles. The van der Waals surface area contributed by atoms with E-state index in [4.69, 9.17) is 0 Å². The number of carbonyl (C=O) groups is 1. The molecule has 102 valence electrons. The zero-order valence-electron chi connectivity index (χ0n) is 10.7. The minimum Gasteiger partial charge on any atom is -0.354 e. The summed E-state index contributed by atoms with van der Waals surface area (Å²) in [6, 6.07) is 4.12. The van der Waals surface area contributed by atoms with Crippen LogP contribution in [-0.2, 0) is 4.79 Å². The molecule has 1 aromatic rings. The number of nitrogens with one attached hydrogen (secondary N) is 2. The molecule has 1 aromatic heterocycles. The van der Waals surface area contributed by atoms with E-state index in [2.05, 4.69) is 29.5 Å². The van der Waals surface area contributed by atoms with Crippen LogP contribution in [0.1, 0.15) is 13.8 Å². The van der Waals surface area contributed by atoms with Crippen molar-refractivity contribution in [3.05, 3.63) is 24.5 Å². The van der Waals surface area contributed by atoms with Gasteiger partial charge in [-0.15, -0.1) is 24.2 Å². The number of pyridine rings is 1. The third-order valence-corrected chi connectivity index (χ3v) is 3.19. The summed E-state index contributed by atoms with van der Waals surface area (Å²) in [7, 11) is 0. The van der Waals surface area contributed by atoms with E-state index in [1.165, 1.54) is 11.8 Å². The molecule has 0 aromatic carbocycles. The van der Waals surface area contributed by atoms with Crippen molar-refractivity contribution in [3.63, 3.8) is 0 Å². The Labute approximate surface area is 119 Å². The SMILES string of the molecule is CCN[C@H](C)CNC(=O)CSc1ccncc1.Cl. The summed E-state index contributed by atoms with van der Waals surface area (Å²) in [6.07, 6.45) is 3.46. The van der Waals surface area contributed by atoms with Crippen molar-refractivity contribution < 1.29 is 4.79 Å². The maximum absolute atomic E-state index is 11.5. The predicted molar refractivity (Wildman–Crippen MR) is 78.4 cm³/mol.